The molecule has 0 unspecified atom stereocenters. The summed E-state index contributed by atoms with van der Waals surface area (Å²) in [7, 11) is 3.24. The molecule has 0 amide bonds. The van der Waals surface area contributed by atoms with Crippen molar-refractivity contribution in [3.8, 4) is 11.5 Å². The van der Waals surface area contributed by atoms with Gasteiger partial charge in [0.25, 0.3) is 5.78 Å². The molecule has 134 valence electrons. The molecule has 8 heteroatoms. The number of aromatic nitrogens is 4. The predicted molar refractivity (Wildman–Crippen MR) is 97.5 cm³/mol. The third-order valence-corrected chi connectivity index (χ3v) is 5.16. The van der Waals surface area contributed by atoms with Crippen LogP contribution in [0.5, 0.6) is 11.5 Å². The van der Waals surface area contributed by atoms with Crippen molar-refractivity contribution in [2.75, 3.05) is 20.5 Å². The van der Waals surface area contributed by atoms with E-state index in [1.165, 1.54) is 11.8 Å². The average Bonchev–Trinajstić information content (AvgIpc) is 3.08. The summed E-state index contributed by atoms with van der Waals surface area (Å²) in [5, 5.41) is 4.96. The molecule has 0 radical (unpaired) electrons. The van der Waals surface area contributed by atoms with Crippen molar-refractivity contribution in [1.29, 1.82) is 0 Å². The molecule has 0 aliphatic heterocycles. The smallest absolute Gasteiger partial charge is 0.253 e. The normalized spacial score (nSPS) is 16.6. The summed E-state index contributed by atoms with van der Waals surface area (Å²) >= 11 is 1.45. The van der Waals surface area contributed by atoms with E-state index in [9.17, 15) is 4.79 Å². The number of nitrogens with zero attached hydrogens (tertiary/aromatic N) is 4. The van der Waals surface area contributed by atoms with Gasteiger partial charge in [-0.25, -0.2) is 9.50 Å². The minimum absolute atomic E-state index is 0.00810. The highest BCUT2D eigenvalue weighted by atomic mass is 32.2. The van der Waals surface area contributed by atoms with E-state index in [0.29, 0.717) is 29.3 Å². The predicted octanol–water partition coefficient (Wildman–Crippen LogP) is 2.78. The molecule has 0 bridgehead atoms. The number of hydrogen-bond acceptors (Lipinski definition) is 7. The highest BCUT2D eigenvalue weighted by molar-refractivity contribution is 7.98. The lowest BCUT2D eigenvalue weighted by Crippen LogP contribution is -2.21. The van der Waals surface area contributed by atoms with Gasteiger partial charge >= 0.3 is 0 Å². The van der Waals surface area contributed by atoms with E-state index in [2.05, 4.69) is 15.1 Å². The van der Waals surface area contributed by atoms with Crippen molar-refractivity contribution >= 4 is 23.3 Å². The maximum atomic E-state index is 12.7. The minimum atomic E-state index is 0.00810. The van der Waals surface area contributed by atoms with Gasteiger partial charge in [0.15, 0.2) is 5.78 Å². The van der Waals surface area contributed by atoms with Crippen LogP contribution in [-0.2, 0) is 6.42 Å². The Morgan fingerprint density at radius 1 is 1.19 bits per heavy atom. The van der Waals surface area contributed by atoms with Gasteiger partial charge < -0.3 is 9.47 Å². The first-order valence-corrected chi connectivity index (χ1v) is 9.40. The summed E-state index contributed by atoms with van der Waals surface area (Å²) in [4.78, 5) is 21.7. The van der Waals surface area contributed by atoms with E-state index in [1.54, 1.807) is 24.9 Å². The molecule has 2 heterocycles. The van der Waals surface area contributed by atoms with E-state index in [-0.39, 0.29) is 11.7 Å². The van der Waals surface area contributed by atoms with Gasteiger partial charge in [0.2, 0.25) is 5.16 Å². The fourth-order valence-electron chi connectivity index (χ4n) is 3.33. The molecule has 1 aromatic carbocycles. The monoisotopic (exact) mass is 370 g/mol. The third kappa shape index (κ3) is 2.80. The highest BCUT2D eigenvalue weighted by Gasteiger charge is 2.30. The Kier molecular flexibility index (Phi) is 4.28. The number of Topliss-reactive ketones (excluding diaryl/α,β-unsaturated/α-hetero) is 1. The molecule has 0 spiro atoms. The molecular formula is C18H18N4O3S. The number of ketones is 1. The lowest BCUT2D eigenvalue weighted by atomic mass is 9.82. The number of benzene rings is 1. The highest BCUT2D eigenvalue weighted by Crippen LogP contribution is 2.38. The van der Waals surface area contributed by atoms with Crippen LogP contribution >= 0.6 is 11.8 Å². The van der Waals surface area contributed by atoms with Crippen LogP contribution in [0, 0.1) is 0 Å². The summed E-state index contributed by atoms with van der Waals surface area (Å²) in [5.41, 5.74) is 2.37. The summed E-state index contributed by atoms with van der Waals surface area (Å²) in [6.45, 7) is 0. The molecule has 7 nitrogen and oxygen atoms in total. The number of hydrogen-bond donors (Lipinski definition) is 0. The molecule has 2 aromatic heterocycles. The molecule has 0 saturated heterocycles. The van der Waals surface area contributed by atoms with Crippen LogP contribution in [0.3, 0.4) is 0 Å². The maximum absolute atomic E-state index is 12.7. The van der Waals surface area contributed by atoms with Gasteiger partial charge in [-0.15, -0.1) is 5.10 Å². The molecule has 0 saturated carbocycles. The van der Waals surface area contributed by atoms with Crippen LogP contribution in [0.25, 0.3) is 5.78 Å². The van der Waals surface area contributed by atoms with Crippen molar-refractivity contribution in [3.05, 3.63) is 41.2 Å². The van der Waals surface area contributed by atoms with E-state index >= 15 is 0 Å². The largest absolute Gasteiger partial charge is 0.497 e. The number of thioether (sulfide) groups is 1. The molecule has 26 heavy (non-hydrogen) atoms. The van der Waals surface area contributed by atoms with Gasteiger partial charge in [-0.05, 0) is 24.3 Å². The molecule has 0 fully saturated rings. The Morgan fingerprint density at radius 2 is 2.04 bits per heavy atom. The standard InChI is InChI=1S/C18H18N4O3S/c1-24-11-4-5-12(16(8-11)25-2)10-6-14-13(15(23)7-10)9-22-17(19-14)20-18(21-22)26-3/h4-5,8-10H,6-7H2,1-3H3/t10-/m1/s1. The molecule has 4 rings (SSSR count). The minimum Gasteiger partial charge on any atom is -0.497 e. The van der Waals surface area contributed by atoms with Gasteiger partial charge in [0, 0.05) is 24.6 Å². The molecule has 3 aromatic rings. The third-order valence-electron chi connectivity index (χ3n) is 4.63. The summed E-state index contributed by atoms with van der Waals surface area (Å²) in [6, 6.07) is 5.69. The van der Waals surface area contributed by atoms with Crippen LogP contribution in [-0.4, -0.2) is 45.8 Å². The number of carbonyl (C=O) groups excluding carboxylic acids is 1. The van der Waals surface area contributed by atoms with Gasteiger partial charge in [-0.1, -0.05) is 17.8 Å². The fourth-order valence-corrected chi connectivity index (χ4v) is 3.67. The van der Waals surface area contributed by atoms with Gasteiger partial charge in [0.05, 0.1) is 25.5 Å². The Balaban J connectivity index is 1.74. The molecule has 1 aliphatic rings. The van der Waals surface area contributed by atoms with Crippen LogP contribution < -0.4 is 9.47 Å². The first kappa shape index (κ1) is 16.8. The second-order valence-electron chi connectivity index (χ2n) is 6.08. The van der Waals surface area contributed by atoms with Crippen molar-refractivity contribution < 1.29 is 14.3 Å². The Hall–Kier alpha value is -2.61. The number of methoxy groups -OCH3 is 2. The zero-order valence-corrected chi connectivity index (χ0v) is 15.5. The molecule has 1 aliphatic carbocycles. The molecular weight excluding hydrogens is 352 g/mol. The number of fused-ring (bicyclic) bond motifs is 2. The van der Waals surface area contributed by atoms with E-state index in [1.807, 2.05) is 24.5 Å². The quantitative estimate of drug-likeness (QED) is 0.653. The topological polar surface area (TPSA) is 78.6 Å². The maximum Gasteiger partial charge on any atom is 0.253 e. The van der Waals surface area contributed by atoms with Crippen LogP contribution in [0.15, 0.2) is 29.6 Å². The number of ether oxygens (including phenoxy) is 2. The summed E-state index contributed by atoms with van der Waals surface area (Å²) in [6.07, 6.45) is 4.72. The Bertz CT molecular complexity index is 1000. The zero-order valence-electron chi connectivity index (χ0n) is 14.7. The first-order valence-electron chi connectivity index (χ1n) is 8.18. The van der Waals surface area contributed by atoms with Crippen LogP contribution in [0.2, 0.25) is 0 Å². The van der Waals surface area contributed by atoms with Crippen molar-refractivity contribution in [2.45, 2.75) is 23.9 Å². The van der Waals surface area contributed by atoms with Gasteiger partial charge in [-0.2, -0.15) is 4.98 Å². The fraction of sp³-hybridized carbons (Fsp3) is 0.333. The lowest BCUT2D eigenvalue weighted by Gasteiger charge is -2.24. The van der Waals surface area contributed by atoms with Crippen molar-refractivity contribution in [2.24, 2.45) is 0 Å². The second-order valence-corrected chi connectivity index (χ2v) is 6.85. The summed E-state index contributed by atoms with van der Waals surface area (Å²) < 4.78 is 12.3. The van der Waals surface area contributed by atoms with E-state index < -0.39 is 0 Å². The Labute approximate surface area is 154 Å². The molecule has 1 atom stereocenters. The Morgan fingerprint density at radius 3 is 2.77 bits per heavy atom. The summed E-state index contributed by atoms with van der Waals surface area (Å²) in [5.74, 6) is 2.03. The van der Waals surface area contributed by atoms with Crippen LogP contribution in [0.4, 0.5) is 0 Å². The van der Waals surface area contributed by atoms with Crippen LogP contribution in [0.1, 0.15) is 34.0 Å². The first-order chi connectivity index (χ1) is 12.6. The van der Waals surface area contributed by atoms with Gasteiger partial charge in [0.1, 0.15) is 11.5 Å². The van der Waals surface area contributed by atoms with E-state index in [4.69, 9.17) is 9.47 Å². The SMILES string of the molecule is COc1ccc([C@H]2CC(=O)c3cn4nc(SC)nc4nc3C2)c(OC)c1. The van der Waals surface area contributed by atoms with E-state index in [0.717, 1.165) is 22.8 Å². The van der Waals surface area contributed by atoms with Crippen molar-refractivity contribution in [1.82, 2.24) is 19.6 Å². The average molecular weight is 370 g/mol. The lowest BCUT2D eigenvalue weighted by molar-refractivity contribution is 0.0962. The second kappa shape index (κ2) is 6.60. The number of rotatable bonds is 4. The molecule has 0 N–H and O–H groups in total. The number of carbonyl (C=O) groups is 1. The van der Waals surface area contributed by atoms with Gasteiger partial charge in [-0.3, -0.25) is 4.79 Å². The van der Waals surface area contributed by atoms with Crippen molar-refractivity contribution in [3.63, 3.8) is 0 Å². The zero-order chi connectivity index (χ0) is 18.3.